The molecule has 1 amide bonds. The molecule has 0 aliphatic rings. The van der Waals surface area contributed by atoms with Gasteiger partial charge in [-0.3, -0.25) is 4.79 Å². The van der Waals surface area contributed by atoms with Crippen LogP contribution in [0.2, 0.25) is 5.15 Å². The van der Waals surface area contributed by atoms with Crippen molar-refractivity contribution in [2.45, 2.75) is 19.4 Å². The second kappa shape index (κ2) is 6.04. The minimum Gasteiger partial charge on any atom is -0.397 e. The Morgan fingerprint density at radius 1 is 1.63 bits per heavy atom. The summed E-state index contributed by atoms with van der Waals surface area (Å²) in [5.74, 6) is -0.259. The van der Waals surface area contributed by atoms with Gasteiger partial charge in [-0.05, 0) is 23.9 Å². The van der Waals surface area contributed by atoms with Crippen LogP contribution in [0.25, 0.3) is 0 Å². The SMILES string of the molecule is CCC(NC(=O)c1cc(N)cnc1Cl)c1cccs1. The summed E-state index contributed by atoms with van der Waals surface area (Å²) in [6.45, 7) is 2.02. The fraction of sp³-hybridized carbons (Fsp3) is 0.231. The molecule has 4 nitrogen and oxygen atoms in total. The zero-order chi connectivity index (χ0) is 13.8. The van der Waals surface area contributed by atoms with Crippen molar-refractivity contribution < 1.29 is 4.79 Å². The highest BCUT2D eigenvalue weighted by atomic mass is 35.5. The second-order valence-electron chi connectivity index (χ2n) is 4.06. The van der Waals surface area contributed by atoms with E-state index in [1.165, 1.54) is 12.3 Å². The number of hydrogen-bond acceptors (Lipinski definition) is 4. The average molecular weight is 296 g/mol. The number of thiophene rings is 1. The van der Waals surface area contributed by atoms with Crippen molar-refractivity contribution in [3.05, 3.63) is 45.4 Å². The quantitative estimate of drug-likeness (QED) is 0.851. The van der Waals surface area contributed by atoms with E-state index < -0.39 is 0 Å². The van der Waals surface area contributed by atoms with Gasteiger partial charge < -0.3 is 11.1 Å². The Kier molecular flexibility index (Phi) is 4.39. The minimum absolute atomic E-state index is 0.0232. The minimum atomic E-state index is -0.259. The highest BCUT2D eigenvalue weighted by molar-refractivity contribution is 7.10. The van der Waals surface area contributed by atoms with Gasteiger partial charge in [-0.2, -0.15) is 0 Å². The molecule has 0 aromatic carbocycles. The molecule has 1 unspecified atom stereocenters. The van der Waals surface area contributed by atoms with Gasteiger partial charge in [0, 0.05) is 4.88 Å². The first-order valence-corrected chi connectivity index (χ1v) is 7.13. The van der Waals surface area contributed by atoms with Crippen LogP contribution in [0.15, 0.2) is 29.8 Å². The van der Waals surface area contributed by atoms with E-state index in [2.05, 4.69) is 10.3 Å². The van der Waals surface area contributed by atoms with Crippen molar-refractivity contribution in [3.63, 3.8) is 0 Å². The van der Waals surface area contributed by atoms with E-state index in [0.717, 1.165) is 11.3 Å². The zero-order valence-corrected chi connectivity index (χ0v) is 12.0. The number of amides is 1. The lowest BCUT2D eigenvalue weighted by Gasteiger charge is -2.16. The lowest BCUT2D eigenvalue weighted by Crippen LogP contribution is -2.28. The van der Waals surface area contributed by atoms with E-state index in [4.69, 9.17) is 17.3 Å². The molecular formula is C13H14ClN3OS. The van der Waals surface area contributed by atoms with Gasteiger partial charge in [0.1, 0.15) is 5.15 Å². The molecule has 1 atom stereocenters. The van der Waals surface area contributed by atoms with E-state index in [0.29, 0.717) is 11.3 Å². The third kappa shape index (κ3) is 3.24. The molecule has 6 heteroatoms. The van der Waals surface area contributed by atoms with Crippen LogP contribution in [0.5, 0.6) is 0 Å². The third-order valence-corrected chi connectivity index (χ3v) is 3.99. The number of pyridine rings is 1. The number of hydrogen-bond donors (Lipinski definition) is 2. The van der Waals surface area contributed by atoms with Crippen LogP contribution < -0.4 is 11.1 Å². The molecule has 0 spiro atoms. The Bertz CT molecular complexity index is 571. The first-order valence-electron chi connectivity index (χ1n) is 5.87. The smallest absolute Gasteiger partial charge is 0.254 e. The van der Waals surface area contributed by atoms with Gasteiger partial charge >= 0.3 is 0 Å². The molecule has 2 heterocycles. The number of aromatic nitrogens is 1. The summed E-state index contributed by atoms with van der Waals surface area (Å²) in [6, 6.07) is 5.47. The van der Waals surface area contributed by atoms with Gasteiger partial charge in [0.15, 0.2) is 0 Å². The molecule has 0 saturated carbocycles. The number of carbonyl (C=O) groups is 1. The van der Waals surface area contributed by atoms with Crippen molar-refractivity contribution in [2.75, 3.05) is 5.73 Å². The molecule has 2 aromatic heterocycles. The Morgan fingerprint density at radius 3 is 3.05 bits per heavy atom. The Balaban J connectivity index is 2.18. The molecule has 0 fully saturated rings. The van der Waals surface area contributed by atoms with E-state index in [9.17, 15) is 4.79 Å². The van der Waals surface area contributed by atoms with Gasteiger partial charge in [-0.15, -0.1) is 11.3 Å². The third-order valence-electron chi connectivity index (χ3n) is 2.71. The molecule has 2 rings (SSSR count). The first-order chi connectivity index (χ1) is 9.11. The Hall–Kier alpha value is -1.59. The number of anilines is 1. The summed E-state index contributed by atoms with van der Waals surface area (Å²) in [4.78, 5) is 17.2. The van der Waals surface area contributed by atoms with Crippen molar-refractivity contribution >= 4 is 34.5 Å². The number of carbonyl (C=O) groups excluding carboxylic acids is 1. The summed E-state index contributed by atoms with van der Waals surface area (Å²) >= 11 is 7.53. The fourth-order valence-corrected chi connectivity index (χ4v) is 2.77. The predicted molar refractivity (Wildman–Crippen MR) is 78.5 cm³/mol. The van der Waals surface area contributed by atoms with E-state index in [-0.39, 0.29) is 17.1 Å². The number of rotatable bonds is 4. The van der Waals surface area contributed by atoms with Crippen molar-refractivity contribution in [1.82, 2.24) is 10.3 Å². The molecule has 0 saturated heterocycles. The summed E-state index contributed by atoms with van der Waals surface area (Å²) in [7, 11) is 0. The zero-order valence-electron chi connectivity index (χ0n) is 10.4. The van der Waals surface area contributed by atoms with Crippen molar-refractivity contribution in [3.8, 4) is 0 Å². The molecule has 100 valence electrons. The van der Waals surface area contributed by atoms with Crippen LogP contribution in [-0.4, -0.2) is 10.9 Å². The Labute approximate surface area is 120 Å². The van der Waals surface area contributed by atoms with Gasteiger partial charge in [0.2, 0.25) is 0 Å². The Morgan fingerprint density at radius 2 is 2.42 bits per heavy atom. The van der Waals surface area contributed by atoms with Gasteiger partial charge in [-0.1, -0.05) is 24.6 Å². The molecule has 0 aliphatic carbocycles. The standard InChI is InChI=1S/C13H14ClN3OS/c1-2-10(11-4-3-5-19-11)17-13(18)9-6-8(15)7-16-12(9)14/h3-7,10H,2,15H2,1H3,(H,17,18). The number of halogens is 1. The maximum Gasteiger partial charge on any atom is 0.254 e. The highest BCUT2D eigenvalue weighted by Crippen LogP contribution is 2.23. The van der Waals surface area contributed by atoms with Crippen LogP contribution >= 0.6 is 22.9 Å². The molecule has 0 bridgehead atoms. The van der Waals surface area contributed by atoms with Crippen LogP contribution in [0.4, 0.5) is 5.69 Å². The summed E-state index contributed by atoms with van der Waals surface area (Å²) in [6.07, 6.45) is 2.23. The predicted octanol–water partition coefficient (Wildman–Crippen LogP) is 3.26. The first kappa shape index (κ1) is 13.8. The molecule has 3 N–H and O–H groups in total. The van der Waals surface area contributed by atoms with Gasteiger partial charge in [-0.25, -0.2) is 4.98 Å². The van der Waals surface area contributed by atoms with E-state index in [1.54, 1.807) is 11.3 Å². The van der Waals surface area contributed by atoms with Crippen LogP contribution in [0, 0.1) is 0 Å². The summed E-state index contributed by atoms with van der Waals surface area (Å²) < 4.78 is 0. The normalized spacial score (nSPS) is 12.1. The molecular weight excluding hydrogens is 282 g/mol. The molecule has 19 heavy (non-hydrogen) atoms. The second-order valence-corrected chi connectivity index (χ2v) is 5.39. The van der Waals surface area contributed by atoms with E-state index >= 15 is 0 Å². The average Bonchev–Trinajstić information content (AvgIpc) is 2.92. The van der Waals surface area contributed by atoms with E-state index in [1.807, 2.05) is 24.4 Å². The van der Waals surface area contributed by atoms with Crippen molar-refractivity contribution in [2.24, 2.45) is 0 Å². The molecule has 0 aliphatic heterocycles. The number of nitrogen functional groups attached to an aromatic ring is 1. The topological polar surface area (TPSA) is 68.0 Å². The lowest BCUT2D eigenvalue weighted by molar-refractivity contribution is 0.0936. The maximum absolute atomic E-state index is 12.2. The fourth-order valence-electron chi connectivity index (χ4n) is 1.72. The van der Waals surface area contributed by atoms with Crippen LogP contribution in [0.3, 0.4) is 0 Å². The summed E-state index contributed by atoms with van der Waals surface area (Å²) in [5.41, 5.74) is 6.34. The largest absolute Gasteiger partial charge is 0.397 e. The van der Waals surface area contributed by atoms with Gasteiger partial charge in [0.25, 0.3) is 5.91 Å². The van der Waals surface area contributed by atoms with Gasteiger partial charge in [0.05, 0.1) is 23.5 Å². The molecule has 0 radical (unpaired) electrons. The monoisotopic (exact) mass is 295 g/mol. The number of nitrogens with zero attached hydrogens (tertiary/aromatic N) is 1. The van der Waals surface area contributed by atoms with Crippen LogP contribution in [-0.2, 0) is 0 Å². The van der Waals surface area contributed by atoms with Crippen molar-refractivity contribution in [1.29, 1.82) is 0 Å². The maximum atomic E-state index is 12.2. The lowest BCUT2D eigenvalue weighted by atomic mass is 10.1. The summed E-state index contributed by atoms with van der Waals surface area (Å²) in [5, 5.41) is 5.09. The number of nitrogens with two attached hydrogens (primary N) is 1. The number of nitrogens with one attached hydrogen (secondary N) is 1. The highest BCUT2D eigenvalue weighted by Gasteiger charge is 2.17. The van der Waals surface area contributed by atoms with Crippen LogP contribution in [0.1, 0.15) is 34.6 Å². The molecule has 2 aromatic rings.